The van der Waals surface area contributed by atoms with Crippen LogP contribution in [-0.2, 0) is 13.0 Å². The summed E-state index contributed by atoms with van der Waals surface area (Å²) in [4.78, 5) is 11.9. The standard InChI is InChI=1S/C16H23N3O5/c1-4-5-6-13-12(11(3)23-18-13)9-22-15-7-14(24-19-15)16(21)17-10(2)8-20/h7,10,20H,4-6,8-9H2,1-3H3,(H,17,21)/t10-/m0/s1. The van der Waals surface area contributed by atoms with E-state index < -0.39 is 5.91 Å². The van der Waals surface area contributed by atoms with E-state index in [0.717, 1.165) is 30.5 Å². The maximum absolute atomic E-state index is 11.9. The van der Waals surface area contributed by atoms with E-state index >= 15 is 0 Å². The number of hydrogen-bond donors (Lipinski definition) is 2. The van der Waals surface area contributed by atoms with Gasteiger partial charge in [0.15, 0.2) is 0 Å². The quantitative estimate of drug-likeness (QED) is 0.720. The van der Waals surface area contributed by atoms with Crippen molar-refractivity contribution in [2.24, 2.45) is 0 Å². The smallest absolute Gasteiger partial charge is 0.290 e. The van der Waals surface area contributed by atoms with Gasteiger partial charge in [0.2, 0.25) is 5.76 Å². The number of hydrogen-bond acceptors (Lipinski definition) is 7. The molecule has 0 saturated carbocycles. The van der Waals surface area contributed by atoms with Crippen LogP contribution in [0.5, 0.6) is 5.88 Å². The molecule has 0 saturated heterocycles. The second-order valence-corrected chi connectivity index (χ2v) is 5.64. The first kappa shape index (κ1) is 18.0. The Balaban J connectivity index is 1.96. The molecule has 2 aromatic rings. The summed E-state index contributed by atoms with van der Waals surface area (Å²) in [7, 11) is 0. The molecule has 24 heavy (non-hydrogen) atoms. The normalized spacial score (nSPS) is 12.2. The van der Waals surface area contributed by atoms with Gasteiger partial charge < -0.3 is 24.2 Å². The van der Waals surface area contributed by atoms with E-state index in [1.165, 1.54) is 6.07 Å². The number of rotatable bonds is 9. The predicted octanol–water partition coefficient (Wildman–Crippen LogP) is 2.00. The van der Waals surface area contributed by atoms with Gasteiger partial charge >= 0.3 is 0 Å². The second-order valence-electron chi connectivity index (χ2n) is 5.64. The minimum Gasteiger partial charge on any atom is -0.470 e. The first-order valence-electron chi connectivity index (χ1n) is 8.00. The molecule has 2 N–H and O–H groups in total. The lowest BCUT2D eigenvalue weighted by Gasteiger charge is -2.07. The fourth-order valence-corrected chi connectivity index (χ4v) is 2.08. The van der Waals surface area contributed by atoms with Crippen LogP contribution in [0.25, 0.3) is 0 Å². The van der Waals surface area contributed by atoms with Crippen LogP contribution in [0, 0.1) is 6.92 Å². The summed E-state index contributed by atoms with van der Waals surface area (Å²) in [5.41, 5.74) is 1.78. The number of aliphatic hydroxyl groups excluding tert-OH is 1. The number of nitrogens with zero attached hydrogens (tertiary/aromatic N) is 2. The van der Waals surface area contributed by atoms with E-state index in [4.69, 9.17) is 18.9 Å². The lowest BCUT2D eigenvalue weighted by Crippen LogP contribution is -2.34. The molecule has 8 heteroatoms. The fourth-order valence-electron chi connectivity index (χ4n) is 2.08. The molecular weight excluding hydrogens is 314 g/mol. The van der Waals surface area contributed by atoms with Crippen LogP contribution >= 0.6 is 0 Å². The first-order valence-corrected chi connectivity index (χ1v) is 8.00. The van der Waals surface area contributed by atoms with Gasteiger partial charge in [-0.25, -0.2) is 0 Å². The Kier molecular flexibility index (Phi) is 6.36. The molecule has 0 fully saturated rings. The molecule has 2 rings (SSSR count). The van der Waals surface area contributed by atoms with Gasteiger partial charge in [0, 0.05) is 6.04 Å². The highest BCUT2D eigenvalue weighted by Gasteiger charge is 2.17. The molecule has 0 aliphatic carbocycles. The summed E-state index contributed by atoms with van der Waals surface area (Å²) < 4.78 is 15.8. The average Bonchev–Trinajstić information content (AvgIpc) is 3.18. The van der Waals surface area contributed by atoms with Gasteiger partial charge in [-0.2, -0.15) is 0 Å². The van der Waals surface area contributed by atoms with E-state index in [1.54, 1.807) is 6.92 Å². The van der Waals surface area contributed by atoms with E-state index in [2.05, 4.69) is 22.6 Å². The number of nitrogens with one attached hydrogen (secondary N) is 1. The molecule has 0 aliphatic rings. The van der Waals surface area contributed by atoms with Gasteiger partial charge in [-0.05, 0) is 31.8 Å². The number of carbonyl (C=O) groups is 1. The molecule has 2 heterocycles. The van der Waals surface area contributed by atoms with Gasteiger partial charge in [0.25, 0.3) is 11.8 Å². The van der Waals surface area contributed by atoms with E-state index in [9.17, 15) is 4.79 Å². The lowest BCUT2D eigenvalue weighted by atomic mass is 10.1. The maximum atomic E-state index is 11.9. The van der Waals surface area contributed by atoms with Crippen LogP contribution in [0.4, 0.5) is 0 Å². The second kappa shape index (κ2) is 8.49. The molecule has 2 aromatic heterocycles. The molecular formula is C16H23N3O5. The summed E-state index contributed by atoms with van der Waals surface area (Å²) >= 11 is 0. The lowest BCUT2D eigenvalue weighted by molar-refractivity contribution is 0.0884. The number of aromatic nitrogens is 2. The van der Waals surface area contributed by atoms with Crippen molar-refractivity contribution in [1.29, 1.82) is 0 Å². The maximum Gasteiger partial charge on any atom is 0.290 e. The highest BCUT2D eigenvalue weighted by molar-refractivity contribution is 5.91. The molecule has 132 valence electrons. The topological polar surface area (TPSA) is 111 Å². The Labute approximate surface area is 140 Å². The number of aryl methyl sites for hydroxylation is 2. The minimum absolute atomic E-state index is 0.0264. The average molecular weight is 337 g/mol. The van der Waals surface area contributed by atoms with Crippen molar-refractivity contribution in [3.63, 3.8) is 0 Å². The number of ether oxygens (including phenoxy) is 1. The highest BCUT2D eigenvalue weighted by Crippen LogP contribution is 2.19. The molecule has 8 nitrogen and oxygen atoms in total. The van der Waals surface area contributed by atoms with Crippen LogP contribution in [0.15, 0.2) is 15.1 Å². The van der Waals surface area contributed by atoms with Crippen LogP contribution in [0.1, 0.15) is 54.3 Å². The Morgan fingerprint density at radius 1 is 1.42 bits per heavy atom. The van der Waals surface area contributed by atoms with Crippen LogP contribution in [0.2, 0.25) is 0 Å². The van der Waals surface area contributed by atoms with Crippen molar-refractivity contribution in [2.45, 2.75) is 52.7 Å². The molecule has 0 bridgehead atoms. The van der Waals surface area contributed by atoms with Crippen molar-refractivity contribution in [3.05, 3.63) is 28.8 Å². The largest absolute Gasteiger partial charge is 0.470 e. The number of amides is 1. The third-order valence-electron chi connectivity index (χ3n) is 3.56. The molecule has 0 aromatic carbocycles. The molecule has 0 unspecified atom stereocenters. The molecule has 1 atom stereocenters. The van der Waals surface area contributed by atoms with Crippen LogP contribution < -0.4 is 10.1 Å². The summed E-state index contributed by atoms with van der Waals surface area (Å²) in [6.07, 6.45) is 2.93. The minimum atomic E-state index is -0.455. The van der Waals surface area contributed by atoms with Gasteiger partial charge in [-0.1, -0.05) is 18.5 Å². The monoisotopic (exact) mass is 337 g/mol. The van der Waals surface area contributed by atoms with Gasteiger partial charge in [-0.15, -0.1) is 0 Å². The zero-order valence-corrected chi connectivity index (χ0v) is 14.2. The van der Waals surface area contributed by atoms with E-state index in [0.29, 0.717) is 5.76 Å². The SMILES string of the molecule is CCCCc1noc(C)c1COc1cc(C(=O)N[C@@H](C)CO)on1. The summed E-state index contributed by atoms with van der Waals surface area (Å²) in [5.74, 6) is 0.486. The number of aliphatic hydroxyl groups is 1. The highest BCUT2D eigenvalue weighted by atomic mass is 16.5. The van der Waals surface area contributed by atoms with Crippen molar-refractivity contribution in [1.82, 2.24) is 15.6 Å². The summed E-state index contributed by atoms with van der Waals surface area (Å²) in [5, 5.41) is 19.3. The van der Waals surface area contributed by atoms with Gasteiger partial charge in [-0.3, -0.25) is 4.79 Å². The number of unbranched alkanes of at least 4 members (excludes halogenated alkanes) is 1. The van der Waals surface area contributed by atoms with Crippen molar-refractivity contribution < 1.29 is 23.7 Å². The van der Waals surface area contributed by atoms with Crippen molar-refractivity contribution >= 4 is 5.91 Å². The Hall–Kier alpha value is -2.35. The van der Waals surface area contributed by atoms with Crippen LogP contribution in [-0.4, -0.2) is 34.0 Å². The van der Waals surface area contributed by atoms with E-state index in [1.807, 2.05) is 6.92 Å². The summed E-state index contributed by atoms with van der Waals surface area (Å²) in [6.45, 7) is 5.71. The Bertz CT molecular complexity index is 664. The molecule has 0 aliphatic heterocycles. The molecule has 0 radical (unpaired) electrons. The zero-order chi connectivity index (χ0) is 17.5. The third kappa shape index (κ3) is 4.58. The Morgan fingerprint density at radius 2 is 2.21 bits per heavy atom. The first-order chi connectivity index (χ1) is 11.5. The third-order valence-corrected chi connectivity index (χ3v) is 3.56. The van der Waals surface area contributed by atoms with Gasteiger partial charge in [0.1, 0.15) is 12.4 Å². The predicted molar refractivity (Wildman–Crippen MR) is 84.7 cm³/mol. The molecule has 1 amide bonds. The summed E-state index contributed by atoms with van der Waals surface area (Å²) in [6, 6.07) is 1.04. The van der Waals surface area contributed by atoms with Crippen molar-refractivity contribution in [2.75, 3.05) is 6.61 Å². The van der Waals surface area contributed by atoms with Crippen LogP contribution in [0.3, 0.4) is 0 Å². The van der Waals surface area contributed by atoms with E-state index in [-0.39, 0.29) is 30.9 Å². The Morgan fingerprint density at radius 3 is 2.92 bits per heavy atom. The van der Waals surface area contributed by atoms with Gasteiger partial charge in [0.05, 0.1) is 23.9 Å². The zero-order valence-electron chi connectivity index (χ0n) is 14.2. The van der Waals surface area contributed by atoms with Crippen molar-refractivity contribution in [3.8, 4) is 5.88 Å². The number of carbonyl (C=O) groups excluding carboxylic acids is 1. The fraction of sp³-hybridized carbons (Fsp3) is 0.562. The molecule has 0 spiro atoms.